The molecule has 2 aliphatic carbocycles. The average Bonchev–Trinajstić information content (AvgIpc) is 3.36. The van der Waals surface area contributed by atoms with E-state index in [1.54, 1.807) is 6.07 Å². The van der Waals surface area contributed by atoms with E-state index in [0.717, 1.165) is 63.7 Å². The highest BCUT2D eigenvalue weighted by Gasteiger charge is 2.25. The van der Waals surface area contributed by atoms with Crippen molar-refractivity contribution in [2.45, 2.75) is 62.7 Å². The number of nitrogens with two attached hydrogens (primary N) is 1. The normalized spacial score (nSPS) is 20.8. The van der Waals surface area contributed by atoms with Crippen molar-refractivity contribution in [3.63, 3.8) is 0 Å². The number of nitrogens with zero attached hydrogens (tertiary/aromatic N) is 2. The van der Waals surface area contributed by atoms with E-state index in [2.05, 4.69) is 27.7 Å². The van der Waals surface area contributed by atoms with Crippen LogP contribution in [-0.2, 0) is 48.6 Å². The van der Waals surface area contributed by atoms with Crippen LogP contribution in [0, 0.1) is 0 Å². The number of fused-ring (bicyclic) bond motifs is 3. The van der Waals surface area contributed by atoms with Crippen LogP contribution in [0.5, 0.6) is 0 Å². The predicted octanol–water partition coefficient (Wildman–Crippen LogP) is 2.74. The maximum atomic E-state index is 13.2. The number of hydrogen-bond acceptors (Lipinski definition) is 5. The average molecular weight is 427 g/mol. The summed E-state index contributed by atoms with van der Waals surface area (Å²) in [5, 5.41) is 20.0. The number of likely N-dealkylation sites (N-methyl/N-ethyl adjacent to an activating group) is 1. The van der Waals surface area contributed by atoms with Gasteiger partial charge in [-0.2, -0.15) is 4.36 Å². The molecule has 4 N–H and O–H groups in total. The van der Waals surface area contributed by atoms with Crippen molar-refractivity contribution in [3.05, 3.63) is 57.6 Å². The van der Waals surface area contributed by atoms with Gasteiger partial charge in [0.2, 0.25) is 6.35 Å². The van der Waals surface area contributed by atoms with Gasteiger partial charge < -0.3 is 15.3 Å². The van der Waals surface area contributed by atoms with E-state index >= 15 is 0 Å². The zero-order valence-electron chi connectivity index (χ0n) is 17.5. The summed E-state index contributed by atoms with van der Waals surface area (Å²) in [5.41, 5.74) is 8.71. The summed E-state index contributed by atoms with van der Waals surface area (Å²) in [6.45, 7) is 1.85. The van der Waals surface area contributed by atoms with Crippen LogP contribution in [0.1, 0.15) is 46.2 Å². The quantitative estimate of drug-likeness (QED) is 0.656. The molecule has 3 aliphatic rings. The summed E-state index contributed by atoms with van der Waals surface area (Å²) < 4.78 is 17.3. The van der Waals surface area contributed by atoms with E-state index in [1.165, 1.54) is 33.4 Å². The molecule has 0 saturated heterocycles. The topological polar surface area (TPSA) is 91.0 Å². The Bertz CT molecular complexity index is 1090. The minimum absolute atomic E-state index is 0.482. The van der Waals surface area contributed by atoms with Crippen LogP contribution < -0.4 is 10.5 Å². The first-order valence-electron chi connectivity index (χ1n) is 10.9. The molecule has 0 spiro atoms. The van der Waals surface area contributed by atoms with Crippen molar-refractivity contribution in [1.82, 2.24) is 4.90 Å². The molecular weight excluding hydrogens is 396 g/mol. The third-order valence-electron chi connectivity index (χ3n) is 6.72. The van der Waals surface area contributed by atoms with Crippen molar-refractivity contribution in [1.29, 1.82) is 0 Å². The number of anilines is 1. The Morgan fingerprint density at radius 2 is 1.73 bits per heavy atom. The van der Waals surface area contributed by atoms with E-state index in [-0.39, 0.29) is 0 Å². The molecule has 2 aromatic rings. The SMILES string of the molecule is CN1CCc2cc(S(N)(=O)=NC(O)Nc3c4c(cc5c3CCC5)CCC4)ccc2C1. The van der Waals surface area contributed by atoms with Gasteiger partial charge in [0.05, 0.1) is 4.90 Å². The maximum Gasteiger partial charge on any atom is 0.233 e. The molecule has 2 atom stereocenters. The number of aryl methyl sites for hydroxylation is 2. The lowest BCUT2D eigenvalue weighted by Gasteiger charge is -2.25. The van der Waals surface area contributed by atoms with Gasteiger partial charge >= 0.3 is 0 Å². The molecule has 0 saturated carbocycles. The van der Waals surface area contributed by atoms with E-state index in [4.69, 9.17) is 5.14 Å². The Labute approximate surface area is 178 Å². The molecule has 6 nitrogen and oxygen atoms in total. The third kappa shape index (κ3) is 3.64. The van der Waals surface area contributed by atoms with Gasteiger partial charge in [0.15, 0.2) is 0 Å². The van der Waals surface area contributed by atoms with Gasteiger partial charge in [-0.15, -0.1) is 0 Å². The zero-order valence-corrected chi connectivity index (χ0v) is 18.3. The van der Waals surface area contributed by atoms with Crippen LogP contribution in [0.4, 0.5) is 5.69 Å². The molecule has 2 unspecified atom stereocenters. The number of nitrogens with one attached hydrogen (secondary N) is 1. The van der Waals surface area contributed by atoms with Gasteiger partial charge in [0.25, 0.3) is 0 Å². The standard InChI is InChI=1S/C23H30N4O2S/c1-27-11-10-15-13-19(9-8-18(15)14-27)30(24,29)26-23(28)25-22-20-6-2-4-16(20)12-17-5-3-7-21(17)22/h8-9,12-13,23,25,28H,2-7,10-11,14H2,1H3,(H2,24,26,29). The Kier molecular flexibility index (Phi) is 5.09. The summed E-state index contributed by atoms with van der Waals surface area (Å²) in [4.78, 5) is 2.74. The van der Waals surface area contributed by atoms with Crippen molar-refractivity contribution < 1.29 is 9.32 Å². The minimum atomic E-state index is -3.21. The summed E-state index contributed by atoms with van der Waals surface area (Å²) in [6, 6.07) is 8.02. The monoisotopic (exact) mass is 426 g/mol. The van der Waals surface area contributed by atoms with Crippen molar-refractivity contribution in [2.24, 2.45) is 9.50 Å². The second-order valence-corrected chi connectivity index (χ2v) is 10.7. The highest BCUT2D eigenvalue weighted by Crippen LogP contribution is 2.39. The Morgan fingerprint density at radius 1 is 1.03 bits per heavy atom. The second kappa shape index (κ2) is 7.64. The molecular formula is C23H30N4O2S. The van der Waals surface area contributed by atoms with Crippen LogP contribution in [0.3, 0.4) is 0 Å². The molecule has 0 radical (unpaired) electrons. The van der Waals surface area contributed by atoms with Crippen LogP contribution in [0.25, 0.3) is 0 Å². The molecule has 30 heavy (non-hydrogen) atoms. The summed E-state index contributed by atoms with van der Waals surface area (Å²) in [7, 11) is -1.11. The first-order valence-corrected chi connectivity index (χ1v) is 12.4. The van der Waals surface area contributed by atoms with E-state index in [9.17, 15) is 9.32 Å². The molecule has 1 heterocycles. The molecule has 160 valence electrons. The number of hydrogen-bond donors (Lipinski definition) is 3. The van der Waals surface area contributed by atoms with Crippen molar-refractivity contribution in [3.8, 4) is 0 Å². The maximum absolute atomic E-state index is 13.2. The summed E-state index contributed by atoms with van der Waals surface area (Å²) >= 11 is 0. The van der Waals surface area contributed by atoms with Gasteiger partial charge in [-0.25, -0.2) is 9.35 Å². The Balaban J connectivity index is 1.44. The van der Waals surface area contributed by atoms with Crippen LogP contribution in [-0.4, -0.2) is 34.2 Å². The lowest BCUT2D eigenvalue weighted by Crippen LogP contribution is -2.27. The van der Waals surface area contributed by atoms with Crippen LogP contribution in [0.15, 0.2) is 33.5 Å². The number of rotatable bonds is 4. The highest BCUT2D eigenvalue weighted by atomic mass is 32.2. The van der Waals surface area contributed by atoms with Gasteiger partial charge in [-0.05, 0) is 97.5 Å². The van der Waals surface area contributed by atoms with E-state index in [0.29, 0.717) is 4.90 Å². The number of aliphatic hydroxyl groups excluding tert-OH is 1. The summed E-state index contributed by atoms with van der Waals surface area (Å²) in [6.07, 6.45) is 6.06. The molecule has 1 aliphatic heterocycles. The van der Waals surface area contributed by atoms with E-state index in [1.807, 2.05) is 12.1 Å². The molecule has 7 heteroatoms. The zero-order chi connectivity index (χ0) is 20.9. The smallest absolute Gasteiger partial charge is 0.233 e. The summed E-state index contributed by atoms with van der Waals surface area (Å²) in [5.74, 6) is 0. The van der Waals surface area contributed by atoms with Crippen LogP contribution >= 0.6 is 0 Å². The van der Waals surface area contributed by atoms with E-state index < -0.39 is 16.3 Å². The number of aliphatic hydroxyl groups is 1. The molecule has 0 amide bonds. The highest BCUT2D eigenvalue weighted by molar-refractivity contribution is 7.91. The minimum Gasteiger partial charge on any atom is -0.355 e. The first-order chi connectivity index (χ1) is 14.4. The first kappa shape index (κ1) is 20.0. The molecule has 0 aromatic heterocycles. The third-order valence-corrected chi connectivity index (χ3v) is 8.16. The van der Waals surface area contributed by atoms with Gasteiger partial charge in [-0.3, -0.25) is 0 Å². The number of benzene rings is 2. The van der Waals surface area contributed by atoms with Crippen molar-refractivity contribution >= 4 is 15.6 Å². The Hall–Kier alpha value is -1.93. The molecule has 5 rings (SSSR count). The second-order valence-electron chi connectivity index (χ2n) is 8.84. The van der Waals surface area contributed by atoms with Gasteiger partial charge in [0.1, 0.15) is 9.92 Å². The fourth-order valence-electron chi connectivity index (χ4n) is 5.21. The molecule has 2 aromatic carbocycles. The van der Waals surface area contributed by atoms with Crippen LogP contribution in [0.2, 0.25) is 0 Å². The largest absolute Gasteiger partial charge is 0.355 e. The Morgan fingerprint density at radius 3 is 2.43 bits per heavy atom. The lowest BCUT2D eigenvalue weighted by molar-refractivity contribution is 0.216. The fourth-order valence-corrected chi connectivity index (χ4v) is 6.25. The lowest BCUT2D eigenvalue weighted by atomic mass is 9.99. The molecule has 0 fully saturated rings. The molecule has 0 bridgehead atoms. The van der Waals surface area contributed by atoms with Crippen molar-refractivity contribution in [2.75, 3.05) is 18.9 Å². The van der Waals surface area contributed by atoms with Gasteiger partial charge in [-0.1, -0.05) is 12.1 Å². The predicted molar refractivity (Wildman–Crippen MR) is 120 cm³/mol. The van der Waals surface area contributed by atoms with Gasteiger partial charge in [0, 0.05) is 18.8 Å². The fraction of sp³-hybridized carbons (Fsp3) is 0.478.